The zero-order valence-electron chi connectivity index (χ0n) is 16.3. The van der Waals surface area contributed by atoms with Gasteiger partial charge in [0.05, 0.1) is 30.1 Å². The molecule has 0 radical (unpaired) electrons. The van der Waals surface area contributed by atoms with E-state index in [1.54, 1.807) is 7.11 Å². The predicted molar refractivity (Wildman–Crippen MR) is 108 cm³/mol. The first-order valence-corrected chi connectivity index (χ1v) is 9.39. The molecule has 0 spiro atoms. The first-order chi connectivity index (χ1) is 13.6. The highest BCUT2D eigenvalue weighted by molar-refractivity contribution is 5.81. The van der Waals surface area contributed by atoms with Crippen LogP contribution in [0.3, 0.4) is 0 Å². The number of benzene rings is 2. The van der Waals surface area contributed by atoms with Crippen LogP contribution < -0.4 is 20.9 Å². The molecule has 146 valence electrons. The molecule has 0 aliphatic carbocycles. The van der Waals surface area contributed by atoms with Crippen molar-refractivity contribution in [3.8, 4) is 5.75 Å². The highest BCUT2D eigenvalue weighted by Crippen LogP contribution is 2.27. The Morgan fingerprint density at radius 2 is 2.18 bits per heavy atom. The molecule has 7 heteroatoms. The lowest BCUT2D eigenvalue weighted by atomic mass is 9.94. The normalized spacial score (nSPS) is 19.1. The summed E-state index contributed by atoms with van der Waals surface area (Å²) in [5.41, 5.74) is 10.4. The first-order valence-electron chi connectivity index (χ1n) is 9.39. The zero-order valence-corrected chi connectivity index (χ0v) is 16.3. The summed E-state index contributed by atoms with van der Waals surface area (Å²) >= 11 is 0. The number of amides is 1. The molecule has 4 rings (SSSR count). The third-order valence-corrected chi connectivity index (χ3v) is 5.41. The fraction of sp³-hybridized carbons (Fsp3) is 0.333. The minimum Gasteiger partial charge on any atom is -0.497 e. The zero-order chi connectivity index (χ0) is 19.7. The number of ether oxygens (including phenoxy) is 1. The van der Waals surface area contributed by atoms with Crippen LogP contribution in [0.25, 0.3) is 11.0 Å². The predicted octanol–water partition coefficient (Wildman–Crippen LogP) is 1.97. The summed E-state index contributed by atoms with van der Waals surface area (Å²) in [5, 5.41) is 3.07. The number of aryl methyl sites for hydroxylation is 2. The number of carbonyl (C=O) groups excluding carboxylic acids is 1. The van der Waals surface area contributed by atoms with Gasteiger partial charge in [0.15, 0.2) is 0 Å². The van der Waals surface area contributed by atoms with Crippen LogP contribution in [0.15, 0.2) is 42.5 Å². The van der Waals surface area contributed by atoms with E-state index in [4.69, 9.17) is 4.74 Å². The van der Waals surface area contributed by atoms with Crippen molar-refractivity contribution in [2.24, 2.45) is 13.0 Å². The number of imidazole rings is 1. The van der Waals surface area contributed by atoms with Crippen molar-refractivity contribution in [1.29, 1.82) is 0 Å². The van der Waals surface area contributed by atoms with E-state index in [1.165, 1.54) is 0 Å². The molecule has 1 saturated heterocycles. The second-order valence-electron chi connectivity index (χ2n) is 7.14. The topological polar surface area (TPSA) is 80.2 Å². The molecule has 2 aromatic carbocycles. The summed E-state index contributed by atoms with van der Waals surface area (Å²) in [7, 11) is 3.65. The highest BCUT2D eigenvalue weighted by atomic mass is 16.5. The van der Waals surface area contributed by atoms with Crippen LogP contribution in [0.2, 0.25) is 0 Å². The van der Waals surface area contributed by atoms with Gasteiger partial charge < -0.3 is 14.6 Å². The number of rotatable bonds is 5. The van der Waals surface area contributed by atoms with Gasteiger partial charge in [-0.05, 0) is 42.3 Å². The number of fused-ring (bicyclic) bond motifs is 1. The number of hydrazine groups is 1. The average Bonchev–Trinajstić information content (AvgIpc) is 3.31. The van der Waals surface area contributed by atoms with Crippen molar-refractivity contribution in [2.75, 3.05) is 13.7 Å². The second kappa shape index (κ2) is 7.61. The van der Waals surface area contributed by atoms with Gasteiger partial charge in [0.25, 0.3) is 0 Å². The number of hydrogen-bond donors (Lipinski definition) is 3. The molecule has 1 aliphatic rings. The van der Waals surface area contributed by atoms with E-state index in [-0.39, 0.29) is 17.9 Å². The molecular formula is C21H25N5O2. The van der Waals surface area contributed by atoms with Crippen LogP contribution >= 0.6 is 0 Å². The SMILES string of the molecule is COc1cccc(C2NNCC2C(=O)NCc2ccc3c(c2)nc(C)n3C)c1. The number of nitrogens with one attached hydrogen (secondary N) is 3. The monoisotopic (exact) mass is 379 g/mol. The van der Waals surface area contributed by atoms with Crippen LogP contribution in [0.5, 0.6) is 5.75 Å². The Balaban J connectivity index is 1.45. The van der Waals surface area contributed by atoms with Gasteiger partial charge in [-0.15, -0.1) is 0 Å². The standard InChI is InChI=1S/C21H25N5O2/c1-13-24-18-9-14(7-8-19(18)26(13)2)11-22-21(27)17-12-23-25-20(17)15-5-4-6-16(10-15)28-3/h4-10,17,20,23,25H,11-12H2,1-3H3,(H,22,27). The molecule has 2 unspecified atom stereocenters. The Kier molecular flexibility index (Phi) is 5.02. The van der Waals surface area contributed by atoms with Crippen LogP contribution in [-0.2, 0) is 18.4 Å². The van der Waals surface area contributed by atoms with Crippen LogP contribution in [0.1, 0.15) is 23.0 Å². The first kappa shape index (κ1) is 18.5. The molecule has 1 aromatic heterocycles. The van der Waals surface area contributed by atoms with Crippen LogP contribution in [0.4, 0.5) is 0 Å². The quantitative estimate of drug-likeness (QED) is 0.632. The molecule has 1 amide bonds. The van der Waals surface area contributed by atoms with Gasteiger partial charge in [0, 0.05) is 20.1 Å². The molecule has 7 nitrogen and oxygen atoms in total. The smallest absolute Gasteiger partial charge is 0.226 e. The minimum absolute atomic E-state index is 0.0163. The third-order valence-electron chi connectivity index (χ3n) is 5.41. The van der Waals surface area contributed by atoms with Crippen molar-refractivity contribution in [2.45, 2.75) is 19.5 Å². The Morgan fingerprint density at radius 1 is 1.32 bits per heavy atom. The molecule has 0 saturated carbocycles. The Bertz CT molecular complexity index is 1010. The molecule has 3 aromatic rings. The lowest BCUT2D eigenvalue weighted by Crippen LogP contribution is -2.34. The Morgan fingerprint density at radius 3 is 3.00 bits per heavy atom. The summed E-state index contributed by atoms with van der Waals surface area (Å²) in [6.07, 6.45) is 0. The summed E-state index contributed by atoms with van der Waals surface area (Å²) in [4.78, 5) is 17.4. The Labute approximate surface area is 164 Å². The molecule has 28 heavy (non-hydrogen) atoms. The lowest BCUT2D eigenvalue weighted by molar-refractivity contribution is -0.125. The molecule has 2 heterocycles. The highest BCUT2D eigenvalue weighted by Gasteiger charge is 2.34. The number of methoxy groups -OCH3 is 1. The molecule has 1 fully saturated rings. The van der Waals surface area contributed by atoms with E-state index in [9.17, 15) is 4.79 Å². The molecular weight excluding hydrogens is 354 g/mol. The van der Waals surface area contributed by atoms with Crippen molar-refractivity contribution >= 4 is 16.9 Å². The van der Waals surface area contributed by atoms with Gasteiger partial charge in [-0.3, -0.25) is 10.2 Å². The van der Waals surface area contributed by atoms with E-state index >= 15 is 0 Å². The Hall–Kier alpha value is -2.90. The number of carbonyl (C=O) groups is 1. The molecule has 2 atom stereocenters. The number of aromatic nitrogens is 2. The summed E-state index contributed by atoms with van der Waals surface area (Å²) in [5.74, 6) is 1.57. The van der Waals surface area contributed by atoms with Gasteiger partial charge in [-0.2, -0.15) is 0 Å². The van der Waals surface area contributed by atoms with E-state index in [1.807, 2.05) is 50.4 Å². The molecule has 1 aliphatic heterocycles. The van der Waals surface area contributed by atoms with E-state index < -0.39 is 0 Å². The maximum absolute atomic E-state index is 12.8. The van der Waals surface area contributed by atoms with Crippen molar-refractivity contribution in [1.82, 2.24) is 25.7 Å². The largest absolute Gasteiger partial charge is 0.497 e. The van der Waals surface area contributed by atoms with Gasteiger partial charge in [0.1, 0.15) is 11.6 Å². The maximum atomic E-state index is 12.8. The van der Waals surface area contributed by atoms with Gasteiger partial charge in [0.2, 0.25) is 5.91 Å². The van der Waals surface area contributed by atoms with Crippen LogP contribution in [0, 0.1) is 12.8 Å². The maximum Gasteiger partial charge on any atom is 0.226 e. The van der Waals surface area contributed by atoms with Gasteiger partial charge >= 0.3 is 0 Å². The minimum atomic E-state index is -0.201. The van der Waals surface area contributed by atoms with Crippen molar-refractivity contribution in [3.63, 3.8) is 0 Å². The second-order valence-corrected chi connectivity index (χ2v) is 7.14. The molecule has 0 bridgehead atoms. The van der Waals surface area contributed by atoms with Crippen molar-refractivity contribution in [3.05, 3.63) is 59.4 Å². The van der Waals surface area contributed by atoms with E-state index in [0.717, 1.165) is 33.7 Å². The van der Waals surface area contributed by atoms with Crippen molar-refractivity contribution < 1.29 is 9.53 Å². The van der Waals surface area contributed by atoms with Crippen LogP contribution in [-0.4, -0.2) is 29.1 Å². The number of hydrogen-bond acceptors (Lipinski definition) is 5. The summed E-state index contributed by atoms with van der Waals surface area (Å²) < 4.78 is 7.37. The third kappa shape index (κ3) is 3.46. The fourth-order valence-corrected chi connectivity index (χ4v) is 3.69. The van der Waals surface area contributed by atoms with Gasteiger partial charge in [-0.25, -0.2) is 10.4 Å². The molecule has 3 N–H and O–H groups in total. The average molecular weight is 379 g/mol. The lowest BCUT2D eigenvalue weighted by Gasteiger charge is -2.19. The number of nitrogens with zero attached hydrogens (tertiary/aromatic N) is 2. The summed E-state index contributed by atoms with van der Waals surface area (Å²) in [6.45, 7) is 3.04. The van der Waals surface area contributed by atoms with Gasteiger partial charge in [-0.1, -0.05) is 18.2 Å². The fourth-order valence-electron chi connectivity index (χ4n) is 3.69. The van der Waals surface area contributed by atoms with E-state index in [0.29, 0.717) is 13.1 Å². The van der Waals surface area contributed by atoms with E-state index in [2.05, 4.69) is 31.8 Å². The summed E-state index contributed by atoms with van der Waals surface area (Å²) in [6, 6.07) is 13.8.